The Labute approximate surface area is 285 Å². The fourth-order valence-electron chi connectivity index (χ4n) is 8.33. The molecule has 4 aromatic rings. The molecule has 0 saturated carbocycles. The zero-order valence-electron chi connectivity index (χ0n) is 28.7. The van der Waals surface area contributed by atoms with Gasteiger partial charge < -0.3 is 29.0 Å². The molecule has 0 amide bonds. The van der Waals surface area contributed by atoms with Gasteiger partial charge in [-0.2, -0.15) is 9.97 Å². The number of methoxy groups -OCH3 is 2. The Morgan fingerprint density at radius 3 is 2.63 bits per heavy atom. The molecule has 10 nitrogen and oxygen atoms in total. The zero-order chi connectivity index (χ0) is 34.3. The van der Waals surface area contributed by atoms with Crippen LogP contribution in [0.25, 0.3) is 32.9 Å². The van der Waals surface area contributed by atoms with Crippen LogP contribution in [0, 0.1) is 11.6 Å². The standard InChI is InChI=1S/C37H45F2N5O5/c1-5-26-29(38)9-8-23-16-25(49-22-47-4)17-27(30(23)26)32-31(39)33-28(18-40-32)34(43-14-6-11-36(2,45)20-43)42-35(41-33)48-21-37-12-7-15-44(37)24(10-13-37)19-46-3/h8-9,16-18,24,45H,5-7,10-15,19-22H2,1-4H3/t24-,36-,37-/m1/s1. The van der Waals surface area contributed by atoms with E-state index >= 15 is 8.78 Å². The highest BCUT2D eigenvalue weighted by Crippen LogP contribution is 2.44. The van der Waals surface area contributed by atoms with E-state index in [4.69, 9.17) is 23.9 Å². The number of rotatable bonds is 11. The summed E-state index contributed by atoms with van der Waals surface area (Å²) < 4.78 is 55.1. The lowest BCUT2D eigenvalue weighted by molar-refractivity contribution is 0.0445. The van der Waals surface area contributed by atoms with E-state index in [0.29, 0.717) is 84.0 Å². The lowest BCUT2D eigenvalue weighted by Gasteiger charge is -2.38. The Morgan fingerprint density at radius 1 is 1.02 bits per heavy atom. The van der Waals surface area contributed by atoms with Crippen molar-refractivity contribution in [1.29, 1.82) is 0 Å². The van der Waals surface area contributed by atoms with Gasteiger partial charge in [0.15, 0.2) is 12.6 Å². The van der Waals surface area contributed by atoms with Gasteiger partial charge in [-0.15, -0.1) is 0 Å². The van der Waals surface area contributed by atoms with Gasteiger partial charge in [0.2, 0.25) is 0 Å². The molecule has 12 heteroatoms. The molecule has 0 radical (unpaired) electrons. The first-order valence-corrected chi connectivity index (χ1v) is 17.3. The molecule has 262 valence electrons. The molecule has 3 atom stereocenters. The van der Waals surface area contributed by atoms with Crippen molar-refractivity contribution < 1.29 is 32.8 Å². The number of aryl methyl sites for hydroxylation is 1. The van der Waals surface area contributed by atoms with Crippen molar-refractivity contribution in [2.45, 2.75) is 76.0 Å². The quantitative estimate of drug-likeness (QED) is 0.189. The second kappa shape index (κ2) is 13.5. The highest BCUT2D eigenvalue weighted by atomic mass is 19.1. The predicted octanol–water partition coefficient (Wildman–Crippen LogP) is 6.04. The molecular formula is C37H45F2N5O5. The van der Waals surface area contributed by atoms with Crippen molar-refractivity contribution in [2.75, 3.05) is 58.8 Å². The van der Waals surface area contributed by atoms with Crippen LogP contribution in [-0.4, -0.2) is 96.0 Å². The predicted molar refractivity (Wildman–Crippen MR) is 183 cm³/mol. The Hall–Kier alpha value is -3.71. The number of fused-ring (bicyclic) bond motifs is 3. The number of aliphatic hydroxyl groups is 1. The van der Waals surface area contributed by atoms with Gasteiger partial charge in [0.25, 0.3) is 0 Å². The third kappa shape index (κ3) is 6.28. The van der Waals surface area contributed by atoms with Gasteiger partial charge in [-0.1, -0.05) is 13.0 Å². The van der Waals surface area contributed by atoms with Crippen LogP contribution < -0.4 is 14.4 Å². The topological polar surface area (TPSA) is 102 Å². The van der Waals surface area contributed by atoms with E-state index < -0.39 is 11.4 Å². The molecule has 1 N–H and O–H groups in total. The largest absolute Gasteiger partial charge is 0.468 e. The van der Waals surface area contributed by atoms with Crippen LogP contribution in [0.5, 0.6) is 11.8 Å². The van der Waals surface area contributed by atoms with E-state index in [-0.39, 0.29) is 35.4 Å². The molecule has 5 heterocycles. The third-order valence-corrected chi connectivity index (χ3v) is 10.6. The van der Waals surface area contributed by atoms with Crippen molar-refractivity contribution in [3.63, 3.8) is 0 Å². The van der Waals surface area contributed by atoms with Crippen LogP contribution in [0.15, 0.2) is 30.5 Å². The first-order chi connectivity index (χ1) is 23.7. The normalized spacial score (nSPS) is 24.2. The van der Waals surface area contributed by atoms with Gasteiger partial charge in [0.05, 0.1) is 23.1 Å². The average Bonchev–Trinajstić information content (AvgIpc) is 3.66. The van der Waals surface area contributed by atoms with E-state index in [0.717, 1.165) is 38.6 Å². The number of aromatic nitrogens is 3. The van der Waals surface area contributed by atoms with Gasteiger partial charge in [-0.05, 0) is 92.9 Å². The highest BCUT2D eigenvalue weighted by Gasteiger charge is 2.49. The summed E-state index contributed by atoms with van der Waals surface area (Å²) in [7, 11) is 3.25. The molecule has 49 heavy (non-hydrogen) atoms. The summed E-state index contributed by atoms with van der Waals surface area (Å²) >= 11 is 0. The second-order valence-corrected chi connectivity index (χ2v) is 14.0. The Balaban J connectivity index is 1.36. The molecule has 7 rings (SSSR count). The molecule has 2 aromatic heterocycles. The van der Waals surface area contributed by atoms with Crippen LogP contribution in [0.1, 0.15) is 57.9 Å². The minimum atomic E-state index is -0.936. The van der Waals surface area contributed by atoms with Crippen LogP contribution in [0.4, 0.5) is 14.6 Å². The van der Waals surface area contributed by atoms with E-state index in [1.807, 2.05) is 11.8 Å². The van der Waals surface area contributed by atoms with Gasteiger partial charge in [0, 0.05) is 45.1 Å². The van der Waals surface area contributed by atoms with Crippen LogP contribution in [0.3, 0.4) is 0 Å². The SMILES string of the molecule is CCc1c(F)ccc2cc(OCOC)cc(-c3ncc4c(N5CCC[C@@](C)(O)C5)nc(OC[C@]56CCCN5[C@@H](COC)CC6)nc4c3F)c12. The minimum absolute atomic E-state index is 0.0115. The van der Waals surface area contributed by atoms with Crippen LogP contribution in [0.2, 0.25) is 0 Å². The van der Waals surface area contributed by atoms with Gasteiger partial charge in [-0.3, -0.25) is 9.88 Å². The molecule has 3 fully saturated rings. The second-order valence-electron chi connectivity index (χ2n) is 14.0. The monoisotopic (exact) mass is 677 g/mol. The maximum Gasteiger partial charge on any atom is 0.319 e. The summed E-state index contributed by atoms with van der Waals surface area (Å²) in [6.45, 7) is 6.63. The van der Waals surface area contributed by atoms with Crippen LogP contribution >= 0.6 is 0 Å². The third-order valence-electron chi connectivity index (χ3n) is 10.6. The maximum absolute atomic E-state index is 17.1. The Morgan fingerprint density at radius 2 is 1.86 bits per heavy atom. The van der Waals surface area contributed by atoms with Crippen molar-refractivity contribution in [3.8, 4) is 23.0 Å². The molecule has 0 aliphatic carbocycles. The first kappa shape index (κ1) is 33.8. The summed E-state index contributed by atoms with van der Waals surface area (Å²) in [4.78, 5) is 18.6. The number of pyridine rings is 1. The van der Waals surface area contributed by atoms with Gasteiger partial charge in [-0.25, -0.2) is 8.78 Å². The summed E-state index contributed by atoms with van der Waals surface area (Å²) in [5, 5.41) is 12.7. The molecule has 0 spiro atoms. The van der Waals surface area contributed by atoms with E-state index in [1.54, 1.807) is 38.4 Å². The van der Waals surface area contributed by atoms with Crippen molar-refractivity contribution >= 4 is 27.5 Å². The van der Waals surface area contributed by atoms with Gasteiger partial charge >= 0.3 is 6.01 Å². The molecular weight excluding hydrogens is 632 g/mol. The Bertz CT molecular complexity index is 1860. The number of piperidine rings is 1. The van der Waals surface area contributed by atoms with Crippen LogP contribution in [-0.2, 0) is 15.9 Å². The molecule has 3 aliphatic rings. The lowest BCUT2D eigenvalue weighted by atomic mass is 9.94. The number of hydrogen-bond donors (Lipinski definition) is 1. The number of halogens is 2. The van der Waals surface area contributed by atoms with Gasteiger partial charge in [0.1, 0.15) is 35.2 Å². The lowest BCUT2D eigenvalue weighted by Crippen LogP contribution is -2.48. The molecule has 3 saturated heterocycles. The summed E-state index contributed by atoms with van der Waals surface area (Å²) in [5.41, 5.74) is -0.183. The van der Waals surface area contributed by atoms with Crippen molar-refractivity contribution in [3.05, 3.63) is 47.7 Å². The Kier molecular flexibility index (Phi) is 9.33. The molecule has 3 aliphatic heterocycles. The smallest absolute Gasteiger partial charge is 0.319 e. The van der Waals surface area contributed by atoms with Crippen molar-refractivity contribution in [1.82, 2.24) is 19.9 Å². The zero-order valence-corrected chi connectivity index (χ0v) is 28.7. The van der Waals surface area contributed by atoms with E-state index in [2.05, 4.69) is 14.9 Å². The summed E-state index contributed by atoms with van der Waals surface area (Å²) in [6, 6.07) is 6.94. The first-order valence-electron chi connectivity index (χ1n) is 17.3. The fraction of sp³-hybridized carbons (Fsp3) is 0.541. The molecule has 0 bridgehead atoms. The molecule has 0 unspecified atom stereocenters. The maximum atomic E-state index is 17.1. The van der Waals surface area contributed by atoms with E-state index in [9.17, 15) is 5.11 Å². The number of anilines is 1. The number of benzene rings is 2. The summed E-state index contributed by atoms with van der Waals surface area (Å²) in [6.07, 6.45) is 7.42. The summed E-state index contributed by atoms with van der Waals surface area (Å²) in [5.74, 6) is -0.149. The van der Waals surface area contributed by atoms with Crippen molar-refractivity contribution in [2.24, 2.45) is 0 Å². The number of β-amino-alcohol motifs (C(OH)–C–C–N with tert-alkyl or cyclic N) is 1. The van der Waals surface area contributed by atoms with E-state index in [1.165, 1.54) is 13.2 Å². The molecule has 2 aromatic carbocycles. The average molecular weight is 678 g/mol. The highest BCUT2D eigenvalue weighted by molar-refractivity contribution is 6.01. The number of ether oxygens (including phenoxy) is 4. The minimum Gasteiger partial charge on any atom is -0.468 e. The number of nitrogens with zero attached hydrogens (tertiary/aromatic N) is 5. The fourth-order valence-corrected chi connectivity index (χ4v) is 8.33. The number of hydrogen-bond acceptors (Lipinski definition) is 10.